The van der Waals surface area contributed by atoms with Gasteiger partial charge in [-0.15, -0.1) is 0 Å². The number of amides is 1. The second kappa shape index (κ2) is 6.96. The first-order valence-electron chi connectivity index (χ1n) is 6.36. The molecule has 2 rings (SSSR count). The van der Waals surface area contributed by atoms with Crippen molar-refractivity contribution < 1.29 is 4.79 Å². The zero-order chi connectivity index (χ0) is 14.7. The maximum atomic E-state index is 12.1. The number of halogens is 3. The first kappa shape index (κ1) is 15.9. The molecule has 0 unspecified atom stereocenters. The lowest BCUT2D eigenvalue weighted by Crippen LogP contribution is -2.52. The molecule has 1 amide bonds. The van der Waals surface area contributed by atoms with Gasteiger partial charge in [-0.2, -0.15) is 0 Å². The van der Waals surface area contributed by atoms with E-state index >= 15 is 0 Å². The predicted octanol–water partition coefficient (Wildman–Crippen LogP) is 2.88. The van der Waals surface area contributed by atoms with Gasteiger partial charge in [-0.1, -0.05) is 34.8 Å². The third-order valence-electron chi connectivity index (χ3n) is 3.26. The van der Waals surface area contributed by atoms with E-state index in [-0.39, 0.29) is 5.91 Å². The van der Waals surface area contributed by atoms with Crippen molar-refractivity contribution in [2.24, 2.45) is 0 Å². The van der Waals surface area contributed by atoms with Gasteiger partial charge >= 0.3 is 0 Å². The van der Waals surface area contributed by atoms with E-state index in [9.17, 15) is 4.79 Å². The molecule has 4 nitrogen and oxygen atoms in total. The van der Waals surface area contributed by atoms with Gasteiger partial charge in [0.2, 0.25) is 5.91 Å². The number of rotatable bonds is 3. The lowest BCUT2D eigenvalue weighted by atomic mass is 10.2. The fourth-order valence-corrected chi connectivity index (χ4v) is 3.05. The van der Waals surface area contributed by atoms with Crippen LogP contribution < -0.4 is 10.6 Å². The van der Waals surface area contributed by atoms with Crippen molar-refractivity contribution in [3.05, 3.63) is 27.2 Å². The topological polar surface area (TPSA) is 44.4 Å². The predicted molar refractivity (Wildman–Crippen MR) is 84.0 cm³/mol. The Morgan fingerprint density at radius 2 is 2.05 bits per heavy atom. The summed E-state index contributed by atoms with van der Waals surface area (Å²) in [4.78, 5) is 14.2. The minimum atomic E-state index is -0.134. The van der Waals surface area contributed by atoms with Gasteiger partial charge in [-0.25, -0.2) is 0 Å². The lowest BCUT2D eigenvalue weighted by Gasteiger charge is -2.33. The van der Waals surface area contributed by atoms with Crippen molar-refractivity contribution in [1.29, 1.82) is 0 Å². The zero-order valence-corrected chi connectivity index (χ0v) is 13.3. The molecule has 1 heterocycles. The Labute approximate surface area is 133 Å². The van der Waals surface area contributed by atoms with Crippen LogP contribution in [0.2, 0.25) is 15.1 Å². The van der Waals surface area contributed by atoms with Gasteiger partial charge in [0.1, 0.15) is 0 Å². The Kier molecular flexibility index (Phi) is 5.52. The Hall–Kier alpha value is -0.520. The number of carbonyl (C=O) groups excluding carboxylic acids is 1. The first-order chi connectivity index (χ1) is 9.47. The second-order valence-electron chi connectivity index (χ2n) is 4.82. The van der Waals surface area contributed by atoms with Crippen LogP contribution in [0.3, 0.4) is 0 Å². The van der Waals surface area contributed by atoms with Gasteiger partial charge < -0.3 is 10.6 Å². The van der Waals surface area contributed by atoms with Crippen molar-refractivity contribution in [2.75, 3.05) is 31.5 Å². The largest absolute Gasteiger partial charge is 0.322 e. The highest BCUT2D eigenvalue weighted by molar-refractivity contribution is 6.42. The molecular weight excluding hydrogens is 321 g/mol. The van der Waals surface area contributed by atoms with Crippen LogP contribution in [-0.2, 0) is 4.79 Å². The smallest absolute Gasteiger partial charge is 0.238 e. The molecule has 1 aliphatic heterocycles. The van der Waals surface area contributed by atoms with E-state index < -0.39 is 0 Å². The summed E-state index contributed by atoms with van der Waals surface area (Å²) in [5.74, 6) is -0.134. The molecule has 0 bridgehead atoms. The average molecular weight is 337 g/mol. The molecule has 0 aliphatic carbocycles. The van der Waals surface area contributed by atoms with E-state index in [1.165, 1.54) is 0 Å². The van der Waals surface area contributed by atoms with Crippen LogP contribution in [0, 0.1) is 0 Å². The SMILES string of the molecule is C[C@H]1CNCCN1CC(=O)Nc1c(Cl)cc(Cl)cc1Cl. The Morgan fingerprint density at radius 1 is 1.40 bits per heavy atom. The van der Waals surface area contributed by atoms with Crippen molar-refractivity contribution in [2.45, 2.75) is 13.0 Å². The highest BCUT2D eigenvalue weighted by atomic mass is 35.5. The van der Waals surface area contributed by atoms with E-state index in [0.29, 0.717) is 33.3 Å². The molecule has 0 radical (unpaired) electrons. The van der Waals surface area contributed by atoms with Crippen molar-refractivity contribution >= 4 is 46.4 Å². The molecule has 1 aliphatic rings. The summed E-state index contributed by atoms with van der Waals surface area (Å²) in [6, 6.07) is 3.43. The summed E-state index contributed by atoms with van der Waals surface area (Å²) in [7, 11) is 0. The van der Waals surface area contributed by atoms with Gasteiger partial charge in [0, 0.05) is 30.7 Å². The maximum Gasteiger partial charge on any atom is 0.238 e. The summed E-state index contributed by atoms with van der Waals surface area (Å²) in [5, 5.41) is 7.14. The van der Waals surface area contributed by atoms with Crippen LogP contribution in [0.25, 0.3) is 0 Å². The monoisotopic (exact) mass is 335 g/mol. The molecule has 1 aromatic rings. The molecule has 1 atom stereocenters. The zero-order valence-electron chi connectivity index (χ0n) is 11.0. The minimum absolute atomic E-state index is 0.134. The highest BCUT2D eigenvalue weighted by Gasteiger charge is 2.21. The normalized spacial score (nSPS) is 19.9. The second-order valence-corrected chi connectivity index (χ2v) is 6.07. The van der Waals surface area contributed by atoms with Crippen LogP contribution in [0.15, 0.2) is 12.1 Å². The number of nitrogens with one attached hydrogen (secondary N) is 2. The minimum Gasteiger partial charge on any atom is -0.322 e. The molecule has 1 aromatic carbocycles. The van der Waals surface area contributed by atoms with Crippen LogP contribution in [0.1, 0.15) is 6.92 Å². The quantitative estimate of drug-likeness (QED) is 0.892. The van der Waals surface area contributed by atoms with E-state index in [1.54, 1.807) is 12.1 Å². The van der Waals surface area contributed by atoms with E-state index in [2.05, 4.69) is 22.5 Å². The Bertz CT molecular complexity index is 487. The van der Waals surface area contributed by atoms with Crippen molar-refractivity contribution in [3.8, 4) is 0 Å². The van der Waals surface area contributed by atoms with Crippen LogP contribution in [0.5, 0.6) is 0 Å². The molecule has 1 fully saturated rings. The number of carbonyl (C=O) groups is 1. The van der Waals surface area contributed by atoms with Gasteiger partial charge in [0.15, 0.2) is 0 Å². The molecule has 110 valence electrons. The standard InChI is InChI=1S/C13H16Cl3N3O/c1-8-6-17-2-3-19(8)7-12(20)18-13-10(15)4-9(14)5-11(13)16/h4-5,8,17H,2-3,6-7H2,1H3,(H,18,20)/t8-/m0/s1. The fraction of sp³-hybridized carbons (Fsp3) is 0.462. The van der Waals surface area contributed by atoms with Crippen LogP contribution in [-0.4, -0.2) is 43.0 Å². The summed E-state index contributed by atoms with van der Waals surface area (Å²) < 4.78 is 0. The molecular formula is C13H16Cl3N3O. The van der Waals surface area contributed by atoms with Gasteiger partial charge in [-0.3, -0.25) is 9.69 Å². The van der Waals surface area contributed by atoms with Crippen molar-refractivity contribution in [3.63, 3.8) is 0 Å². The van der Waals surface area contributed by atoms with E-state index in [1.807, 2.05) is 0 Å². The van der Waals surface area contributed by atoms with Crippen molar-refractivity contribution in [1.82, 2.24) is 10.2 Å². The van der Waals surface area contributed by atoms with Gasteiger partial charge in [-0.05, 0) is 19.1 Å². The van der Waals surface area contributed by atoms with E-state index in [0.717, 1.165) is 19.6 Å². The third kappa shape index (κ3) is 3.99. The summed E-state index contributed by atoms with van der Waals surface area (Å²) in [6.07, 6.45) is 0. The van der Waals surface area contributed by atoms with Gasteiger partial charge in [0.25, 0.3) is 0 Å². The summed E-state index contributed by atoms with van der Waals surface area (Å²) in [6.45, 7) is 5.02. The van der Waals surface area contributed by atoms with Crippen LogP contribution in [0.4, 0.5) is 5.69 Å². The molecule has 0 saturated carbocycles. The molecule has 7 heteroatoms. The molecule has 2 N–H and O–H groups in total. The summed E-state index contributed by atoms with van der Waals surface area (Å²) in [5.41, 5.74) is 0.408. The molecule has 0 spiro atoms. The van der Waals surface area contributed by atoms with Gasteiger partial charge in [0.05, 0.1) is 22.3 Å². The number of benzene rings is 1. The third-order valence-corrected chi connectivity index (χ3v) is 4.07. The number of anilines is 1. The lowest BCUT2D eigenvalue weighted by molar-refractivity contribution is -0.118. The summed E-state index contributed by atoms with van der Waals surface area (Å²) >= 11 is 17.9. The maximum absolute atomic E-state index is 12.1. The van der Waals surface area contributed by atoms with Crippen LogP contribution >= 0.6 is 34.8 Å². The first-order valence-corrected chi connectivity index (χ1v) is 7.50. The number of nitrogens with zero attached hydrogens (tertiary/aromatic N) is 1. The average Bonchev–Trinajstić information content (AvgIpc) is 2.36. The number of hydrogen-bond donors (Lipinski definition) is 2. The molecule has 0 aromatic heterocycles. The highest BCUT2D eigenvalue weighted by Crippen LogP contribution is 2.33. The Morgan fingerprint density at radius 3 is 2.65 bits per heavy atom. The Balaban J connectivity index is 2.01. The number of piperazine rings is 1. The fourth-order valence-electron chi connectivity index (χ4n) is 2.14. The number of hydrogen-bond acceptors (Lipinski definition) is 3. The molecule has 1 saturated heterocycles. The van der Waals surface area contributed by atoms with E-state index in [4.69, 9.17) is 34.8 Å². The molecule has 20 heavy (non-hydrogen) atoms.